The van der Waals surface area contributed by atoms with Crippen molar-refractivity contribution in [3.63, 3.8) is 0 Å². The number of likely N-dealkylation sites (tertiary alicyclic amines) is 1. The van der Waals surface area contributed by atoms with Gasteiger partial charge in [0.05, 0.1) is 11.5 Å². The zero-order valence-corrected chi connectivity index (χ0v) is 22.1. The van der Waals surface area contributed by atoms with Crippen LogP contribution in [0.15, 0.2) is 54.7 Å². The minimum atomic E-state index is -0.436. The van der Waals surface area contributed by atoms with E-state index in [1.54, 1.807) is 0 Å². The van der Waals surface area contributed by atoms with Crippen LogP contribution in [0.3, 0.4) is 0 Å². The van der Waals surface area contributed by atoms with Gasteiger partial charge in [0.25, 0.3) is 5.91 Å². The summed E-state index contributed by atoms with van der Waals surface area (Å²) in [5, 5.41) is 4.48. The van der Waals surface area contributed by atoms with E-state index in [-0.39, 0.29) is 17.9 Å². The molecule has 0 aliphatic carbocycles. The Labute approximate surface area is 219 Å². The van der Waals surface area contributed by atoms with Crippen molar-refractivity contribution in [3.8, 4) is 5.75 Å². The molecule has 3 heterocycles. The Morgan fingerprint density at radius 3 is 2.70 bits per heavy atom. The van der Waals surface area contributed by atoms with Crippen LogP contribution in [0.5, 0.6) is 5.75 Å². The number of aromatic nitrogens is 1. The van der Waals surface area contributed by atoms with E-state index in [1.807, 2.05) is 47.5 Å². The Morgan fingerprint density at radius 2 is 1.89 bits per heavy atom. The average Bonchev–Trinajstić information content (AvgIpc) is 3.37. The molecule has 1 fully saturated rings. The molecule has 0 unspecified atom stereocenters. The largest absolute Gasteiger partial charge is 0.491 e. The third-order valence-corrected chi connectivity index (χ3v) is 8.15. The van der Waals surface area contributed by atoms with Crippen molar-refractivity contribution in [2.45, 2.75) is 64.8 Å². The van der Waals surface area contributed by atoms with E-state index >= 15 is 0 Å². The molecule has 0 bridgehead atoms. The first-order valence-corrected chi connectivity index (χ1v) is 13.8. The third-order valence-electron chi connectivity index (χ3n) is 8.15. The van der Waals surface area contributed by atoms with Gasteiger partial charge in [0, 0.05) is 30.4 Å². The molecule has 1 atom stereocenters. The molecule has 6 nitrogen and oxygen atoms in total. The quantitative estimate of drug-likeness (QED) is 0.482. The number of nitrogens with one attached hydrogen (secondary N) is 2. The van der Waals surface area contributed by atoms with Gasteiger partial charge in [-0.3, -0.25) is 9.59 Å². The number of amides is 2. The first-order chi connectivity index (χ1) is 17.9. The fraction of sp³-hybridized carbons (Fsp3) is 0.484. The Morgan fingerprint density at radius 1 is 1.08 bits per heavy atom. The summed E-state index contributed by atoms with van der Waals surface area (Å²) in [5.41, 5.74) is 2.47. The molecule has 0 saturated carbocycles. The van der Waals surface area contributed by atoms with Crippen LogP contribution in [-0.2, 0) is 11.2 Å². The van der Waals surface area contributed by atoms with Crippen LogP contribution in [0, 0.1) is 11.3 Å². The van der Waals surface area contributed by atoms with Gasteiger partial charge in [0.15, 0.2) is 0 Å². The highest BCUT2D eigenvalue weighted by atomic mass is 16.5. The van der Waals surface area contributed by atoms with Crippen LogP contribution >= 0.6 is 0 Å². The second-order valence-corrected chi connectivity index (χ2v) is 11.3. The first-order valence-electron chi connectivity index (χ1n) is 13.8. The van der Waals surface area contributed by atoms with Gasteiger partial charge in [0.1, 0.15) is 12.4 Å². The van der Waals surface area contributed by atoms with E-state index in [0.29, 0.717) is 44.0 Å². The number of aromatic amines is 1. The molecule has 2 aliphatic rings. The maximum atomic E-state index is 13.8. The maximum Gasteiger partial charge on any atom is 0.253 e. The number of rotatable bonds is 3. The number of piperidine rings is 1. The summed E-state index contributed by atoms with van der Waals surface area (Å²) < 4.78 is 6.25. The zero-order chi connectivity index (χ0) is 25.8. The lowest BCUT2D eigenvalue weighted by atomic mass is 9.73. The van der Waals surface area contributed by atoms with Crippen LogP contribution in [0.4, 0.5) is 0 Å². The minimum absolute atomic E-state index is 0.0379. The number of H-pyrrole nitrogens is 1. The number of para-hydroxylation sites is 1. The zero-order valence-electron chi connectivity index (χ0n) is 22.1. The second-order valence-electron chi connectivity index (χ2n) is 11.3. The lowest BCUT2D eigenvalue weighted by Gasteiger charge is -2.42. The van der Waals surface area contributed by atoms with Gasteiger partial charge in [-0.1, -0.05) is 44.5 Å². The van der Waals surface area contributed by atoms with Gasteiger partial charge in [-0.2, -0.15) is 0 Å². The summed E-state index contributed by atoms with van der Waals surface area (Å²) in [7, 11) is 0. The lowest BCUT2D eigenvalue weighted by Crippen LogP contribution is -2.53. The molecule has 3 aromatic rings. The highest BCUT2D eigenvalue weighted by Crippen LogP contribution is 2.38. The highest BCUT2D eigenvalue weighted by molar-refractivity contribution is 5.98. The van der Waals surface area contributed by atoms with Gasteiger partial charge >= 0.3 is 0 Å². The summed E-state index contributed by atoms with van der Waals surface area (Å²) in [6.07, 6.45) is 7.96. The number of nitrogens with zero attached hydrogens (tertiary/aromatic N) is 1. The highest BCUT2D eigenvalue weighted by Gasteiger charge is 2.42. The Bertz CT molecular complexity index is 1240. The fourth-order valence-electron chi connectivity index (χ4n) is 5.99. The Hall–Kier alpha value is -3.28. The predicted octanol–water partition coefficient (Wildman–Crippen LogP) is 5.73. The molecule has 1 spiro atoms. The maximum absolute atomic E-state index is 13.8. The summed E-state index contributed by atoms with van der Waals surface area (Å²) in [4.78, 5) is 32.3. The standard InChI is InChI=1S/C31H39N3O3/c1-22(2)19-26-21-37-28-9-4-3-7-24(28)8-5-6-13-31(30(36)33-26)14-17-34(18-15-31)29(35)25-11-10-23-12-16-32-27(23)20-25/h3-4,7,9-12,16,20,22,26,32H,5-6,8,13-15,17-19,21H2,1-2H3,(H,33,36)/t26-/m0/s1. The van der Waals surface area contributed by atoms with Crippen molar-refractivity contribution in [2.75, 3.05) is 19.7 Å². The number of carbonyl (C=O) groups excluding carboxylic acids is 2. The van der Waals surface area contributed by atoms with Gasteiger partial charge in [-0.15, -0.1) is 0 Å². The van der Waals surface area contributed by atoms with Gasteiger partial charge in [0.2, 0.25) is 5.91 Å². The number of hydrogen-bond acceptors (Lipinski definition) is 3. The van der Waals surface area contributed by atoms with Gasteiger partial charge in [-0.25, -0.2) is 0 Å². The van der Waals surface area contributed by atoms with Crippen LogP contribution in [0.25, 0.3) is 10.9 Å². The molecule has 1 aromatic heterocycles. The van der Waals surface area contributed by atoms with Crippen molar-refractivity contribution in [2.24, 2.45) is 11.3 Å². The minimum Gasteiger partial charge on any atom is -0.491 e. The van der Waals surface area contributed by atoms with E-state index in [9.17, 15) is 9.59 Å². The lowest BCUT2D eigenvalue weighted by molar-refractivity contribution is -0.135. The van der Waals surface area contributed by atoms with Crippen LogP contribution in [-0.4, -0.2) is 47.4 Å². The van der Waals surface area contributed by atoms with Crippen LogP contribution in [0.1, 0.15) is 68.3 Å². The van der Waals surface area contributed by atoms with Crippen LogP contribution < -0.4 is 10.1 Å². The number of hydrogen-bond donors (Lipinski definition) is 2. The first kappa shape index (κ1) is 25.4. The molecule has 2 amide bonds. The number of fused-ring (bicyclic) bond motifs is 2. The summed E-state index contributed by atoms with van der Waals surface area (Å²) in [6.45, 7) is 6.04. The molecular weight excluding hydrogens is 462 g/mol. The normalized spacial score (nSPS) is 20.6. The van der Waals surface area contributed by atoms with E-state index in [4.69, 9.17) is 4.74 Å². The molecule has 5 rings (SSSR count). The smallest absolute Gasteiger partial charge is 0.253 e. The number of ether oxygens (including phenoxy) is 1. The van der Waals surface area contributed by atoms with E-state index in [2.05, 4.69) is 36.3 Å². The average molecular weight is 502 g/mol. The molecule has 37 heavy (non-hydrogen) atoms. The number of carbonyl (C=O) groups is 2. The molecule has 2 aliphatic heterocycles. The molecule has 1 saturated heterocycles. The SMILES string of the molecule is CC(C)C[C@H]1COc2ccccc2CCCCC2(CCN(C(=O)c3ccc4cc[nH]c4c3)CC2)C(=O)N1. The van der Waals surface area contributed by atoms with Crippen molar-refractivity contribution < 1.29 is 14.3 Å². The summed E-state index contributed by atoms with van der Waals surface area (Å²) in [6, 6.07) is 16.1. The fourth-order valence-corrected chi connectivity index (χ4v) is 5.99. The van der Waals surface area contributed by atoms with E-state index in [0.717, 1.165) is 48.8 Å². The number of aryl methyl sites for hydroxylation is 1. The second kappa shape index (κ2) is 11.0. The summed E-state index contributed by atoms with van der Waals surface area (Å²) in [5.74, 6) is 1.56. The van der Waals surface area contributed by atoms with Gasteiger partial charge in [-0.05, 0) is 79.7 Å². The van der Waals surface area contributed by atoms with Crippen molar-refractivity contribution in [1.82, 2.24) is 15.2 Å². The van der Waals surface area contributed by atoms with Crippen molar-refractivity contribution >= 4 is 22.7 Å². The molecule has 2 N–H and O–H groups in total. The van der Waals surface area contributed by atoms with E-state index in [1.165, 1.54) is 5.56 Å². The van der Waals surface area contributed by atoms with Gasteiger partial charge < -0.3 is 19.9 Å². The molecule has 196 valence electrons. The Kier molecular flexibility index (Phi) is 7.54. The molecule has 6 heteroatoms. The number of benzene rings is 2. The van der Waals surface area contributed by atoms with Crippen molar-refractivity contribution in [3.05, 3.63) is 65.9 Å². The summed E-state index contributed by atoms with van der Waals surface area (Å²) >= 11 is 0. The van der Waals surface area contributed by atoms with Crippen molar-refractivity contribution in [1.29, 1.82) is 0 Å². The monoisotopic (exact) mass is 501 g/mol. The molecule has 2 aromatic carbocycles. The molecular formula is C31H39N3O3. The third kappa shape index (κ3) is 5.68. The van der Waals surface area contributed by atoms with E-state index < -0.39 is 5.41 Å². The predicted molar refractivity (Wildman–Crippen MR) is 147 cm³/mol. The van der Waals surface area contributed by atoms with Crippen LogP contribution in [0.2, 0.25) is 0 Å². The topological polar surface area (TPSA) is 74.4 Å². The Balaban J connectivity index is 1.31. The molecule has 0 radical (unpaired) electrons.